The van der Waals surface area contributed by atoms with Crippen LogP contribution in [-0.2, 0) is 4.79 Å². The Hall–Kier alpha value is -1.89. The van der Waals surface area contributed by atoms with Gasteiger partial charge in [0.25, 0.3) is 0 Å². The summed E-state index contributed by atoms with van der Waals surface area (Å²) in [6.07, 6.45) is 1.99. The van der Waals surface area contributed by atoms with Crippen molar-refractivity contribution in [3.05, 3.63) is 36.2 Å². The largest absolute Gasteiger partial charge is 0.490 e. The molecule has 1 aromatic heterocycles. The van der Waals surface area contributed by atoms with Gasteiger partial charge < -0.3 is 10.4 Å². The third kappa shape index (κ3) is 5.52. The molecule has 4 nitrogen and oxygen atoms in total. The summed E-state index contributed by atoms with van der Waals surface area (Å²) in [6, 6.07) is 4.13. The predicted molar refractivity (Wildman–Crippen MR) is 63.4 cm³/mol. The van der Waals surface area contributed by atoms with Gasteiger partial charge >= 0.3 is 12.1 Å². The van der Waals surface area contributed by atoms with E-state index in [0.717, 1.165) is 19.5 Å². The Labute approximate surface area is 108 Å². The van der Waals surface area contributed by atoms with Crippen molar-refractivity contribution < 1.29 is 23.1 Å². The molecule has 2 N–H and O–H groups in total. The maximum absolute atomic E-state index is 10.6. The van der Waals surface area contributed by atoms with E-state index in [1.54, 1.807) is 0 Å². The van der Waals surface area contributed by atoms with Crippen molar-refractivity contribution in [3.63, 3.8) is 0 Å². The minimum Gasteiger partial charge on any atom is -0.475 e. The summed E-state index contributed by atoms with van der Waals surface area (Å²) in [5.41, 5.74) is 2.75. The summed E-state index contributed by atoms with van der Waals surface area (Å²) in [4.78, 5) is 12.9. The fourth-order valence-electron chi connectivity index (χ4n) is 1.45. The van der Waals surface area contributed by atoms with Crippen molar-refractivity contribution in [2.45, 2.75) is 12.6 Å². The lowest BCUT2D eigenvalue weighted by molar-refractivity contribution is -0.192. The topological polar surface area (TPSA) is 62.2 Å². The average molecular weight is 274 g/mol. The maximum atomic E-state index is 10.6. The number of carboxylic acid groups (broad SMARTS) is 1. The summed E-state index contributed by atoms with van der Waals surface area (Å²) in [7, 11) is 0. The molecular weight excluding hydrogens is 261 g/mol. The number of carboxylic acids is 1. The molecule has 2 heterocycles. The number of rotatable bonds is 1. The molecule has 0 aromatic carbocycles. The second-order valence-electron chi connectivity index (χ2n) is 3.72. The molecule has 0 amide bonds. The zero-order valence-electron chi connectivity index (χ0n) is 9.94. The Balaban J connectivity index is 0.000000224. The van der Waals surface area contributed by atoms with Crippen LogP contribution in [0.2, 0.25) is 0 Å². The van der Waals surface area contributed by atoms with Crippen LogP contribution in [0.4, 0.5) is 13.2 Å². The molecule has 1 aromatic rings. The molecule has 0 saturated heterocycles. The number of carbonyl (C=O) groups is 1. The zero-order chi connectivity index (χ0) is 14.3. The molecule has 2 rings (SSSR count). The van der Waals surface area contributed by atoms with Gasteiger partial charge in [0, 0.05) is 18.9 Å². The smallest absolute Gasteiger partial charge is 0.475 e. The van der Waals surface area contributed by atoms with E-state index < -0.39 is 12.1 Å². The second kappa shape index (κ2) is 6.89. The van der Waals surface area contributed by atoms with E-state index in [1.807, 2.05) is 12.4 Å². The summed E-state index contributed by atoms with van der Waals surface area (Å²) in [5.74, 6) is -2.76. The van der Waals surface area contributed by atoms with Crippen molar-refractivity contribution in [3.8, 4) is 0 Å². The van der Waals surface area contributed by atoms with E-state index in [2.05, 4.69) is 28.5 Å². The highest BCUT2D eigenvalue weighted by atomic mass is 19.4. The van der Waals surface area contributed by atoms with E-state index in [1.165, 1.54) is 11.1 Å². The zero-order valence-corrected chi connectivity index (χ0v) is 9.94. The fourth-order valence-corrected chi connectivity index (χ4v) is 1.45. The van der Waals surface area contributed by atoms with Crippen LogP contribution in [0.3, 0.4) is 0 Å². The molecule has 0 bridgehead atoms. The molecule has 0 atom stereocenters. The summed E-state index contributed by atoms with van der Waals surface area (Å²) >= 11 is 0. The highest BCUT2D eigenvalue weighted by Crippen LogP contribution is 2.17. The first-order valence-electron chi connectivity index (χ1n) is 5.51. The SMILES string of the molecule is C1=C(c2ccncc2)CCNC1.O=C(O)C(F)(F)F. The van der Waals surface area contributed by atoms with Gasteiger partial charge in [-0.1, -0.05) is 6.08 Å². The van der Waals surface area contributed by atoms with E-state index >= 15 is 0 Å². The Kier molecular flexibility index (Phi) is 5.50. The number of hydrogen-bond donors (Lipinski definition) is 2. The van der Waals surface area contributed by atoms with Gasteiger partial charge in [0.2, 0.25) is 0 Å². The van der Waals surface area contributed by atoms with Crippen LogP contribution in [0, 0.1) is 0 Å². The van der Waals surface area contributed by atoms with E-state index in [-0.39, 0.29) is 0 Å². The van der Waals surface area contributed by atoms with Crippen LogP contribution in [-0.4, -0.2) is 35.3 Å². The van der Waals surface area contributed by atoms with Crippen molar-refractivity contribution in [2.24, 2.45) is 0 Å². The number of hydrogen-bond acceptors (Lipinski definition) is 3. The number of pyridine rings is 1. The van der Waals surface area contributed by atoms with Gasteiger partial charge in [-0.2, -0.15) is 13.2 Å². The van der Waals surface area contributed by atoms with Gasteiger partial charge in [-0.25, -0.2) is 4.79 Å². The van der Waals surface area contributed by atoms with E-state index in [0.29, 0.717) is 0 Å². The molecule has 7 heteroatoms. The van der Waals surface area contributed by atoms with Crippen LogP contribution < -0.4 is 5.32 Å². The quantitative estimate of drug-likeness (QED) is 0.823. The Morgan fingerprint density at radius 3 is 2.32 bits per heavy atom. The molecule has 0 saturated carbocycles. The van der Waals surface area contributed by atoms with Crippen molar-refractivity contribution in [1.82, 2.24) is 10.3 Å². The molecule has 0 unspecified atom stereocenters. The first-order valence-corrected chi connectivity index (χ1v) is 5.51. The van der Waals surface area contributed by atoms with Gasteiger partial charge in [0.1, 0.15) is 0 Å². The third-order valence-corrected chi connectivity index (χ3v) is 2.36. The highest BCUT2D eigenvalue weighted by Gasteiger charge is 2.38. The Morgan fingerprint density at radius 1 is 1.32 bits per heavy atom. The molecule has 0 aliphatic carbocycles. The van der Waals surface area contributed by atoms with Gasteiger partial charge in [-0.15, -0.1) is 0 Å². The summed E-state index contributed by atoms with van der Waals surface area (Å²) in [6.45, 7) is 2.09. The normalized spacial score (nSPS) is 15.0. The monoisotopic (exact) mass is 274 g/mol. The molecule has 104 valence electrons. The molecule has 1 aliphatic heterocycles. The number of halogens is 3. The molecule has 0 fully saturated rings. The summed E-state index contributed by atoms with van der Waals surface area (Å²) < 4.78 is 31.7. The van der Waals surface area contributed by atoms with Crippen LogP contribution in [0.15, 0.2) is 30.6 Å². The molecule has 0 spiro atoms. The van der Waals surface area contributed by atoms with Crippen molar-refractivity contribution in [2.75, 3.05) is 13.1 Å². The van der Waals surface area contributed by atoms with Crippen molar-refractivity contribution >= 4 is 11.5 Å². The lowest BCUT2D eigenvalue weighted by Gasteiger charge is -2.13. The number of alkyl halides is 3. The number of nitrogens with zero attached hydrogens (tertiary/aromatic N) is 1. The molecular formula is C12H13F3N2O2. The standard InChI is InChI=1S/C10H12N2.C2HF3O2/c1-5-11-6-2-9(1)10-3-7-12-8-4-10;3-2(4,5)1(6)7/h1-3,5-6,12H,4,7-8H2;(H,6,7). The van der Waals surface area contributed by atoms with Crippen molar-refractivity contribution in [1.29, 1.82) is 0 Å². The average Bonchev–Trinajstić information content (AvgIpc) is 2.40. The number of nitrogens with one attached hydrogen (secondary N) is 1. The molecule has 1 aliphatic rings. The van der Waals surface area contributed by atoms with Gasteiger partial charge in [-0.3, -0.25) is 4.98 Å². The van der Waals surface area contributed by atoms with Crippen LogP contribution in [0.5, 0.6) is 0 Å². The first-order chi connectivity index (χ1) is 8.91. The minimum atomic E-state index is -5.08. The third-order valence-electron chi connectivity index (χ3n) is 2.36. The van der Waals surface area contributed by atoms with E-state index in [4.69, 9.17) is 9.90 Å². The van der Waals surface area contributed by atoms with Crippen LogP contribution in [0.1, 0.15) is 12.0 Å². The van der Waals surface area contributed by atoms with E-state index in [9.17, 15) is 13.2 Å². The van der Waals surface area contributed by atoms with Crippen LogP contribution >= 0.6 is 0 Å². The molecule has 19 heavy (non-hydrogen) atoms. The van der Waals surface area contributed by atoms with Gasteiger partial charge in [0.15, 0.2) is 0 Å². The van der Waals surface area contributed by atoms with Crippen LogP contribution in [0.25, 0.3) is 5.57 Å². The maximum Gasteiger partial charge on any atom is 0.490 e. The lowest BCUT2D eigenvalue weighted by atomic mass is 10.0. The lowest BCUT2D eigenvalue weighted by Crippen LogP contribution is -2.21. The highest BCUT2D eigenvalue weighted by molar-refractivity contribution is 5.73. The number of aliphatic carboxylic acids is 1. The minimum absolute atomic E-state index is 0.998. The summed E-state index contributed by atoms with van der Waals surface area (Å²) in [5, 5.41) is 10.4. The second-order valence-corrected chi connectivity index (χ2v) is 3.72. The molecule has 0 radical (unpaired) electrons. The van der Waals surface area contributed by atoms with Gasteiger partial charge in [0.05, 0.1) is 0 Å². The Morgan fingerprint density at radius 2 is 1.89 bits per heavy atom. The number of aromatic nitrogens is 1. The fraction of sp³-hybridized carbons (Fsp3) is 0.333. The first kappa shape index (κ1) is 15.2. The predicted octanol–water partition coefficient (Wildman–Crippen LogP) is 2.09. The Bertz CT molecular complexity index is 444. The van der Waals surface area contributed by atoms with Gasteiger partial charge in [-0.05, 0) is 36.2 Å².